The maximum atomic E-state index is 8.55. The van der Waals surface area contributed by atoms with Crippen LogP contribution in [-0.2, 0) is 13.1 Å². The average molecular weight is 586 g/mol. The van der Waals surface area contributed by atoms with Gasteiger partial charge in [0.25, 0.3) is 0 Å². The predicted molar refractivity (Wildman–Crippen MR) is 159 cm³/mol. The maximum absolute atomic E-state index is 8.55. The van der Waals surface area contributed by atoms with Crippen molar-refractivity contribution in [2.75, 3.05) is 25.6 Å². The van der Waals surface area contributed by atoms with Crippen molar-refractivity contribution in [3.63, 3.8) is 0 Å². The van der Waals surface area contributed by atoms with Gasteiger partial charge in [-0.3, -0.25) is 15.6 Å². The number of hydrogen-bond donors (Lipinski definition) is 3. The molecular formula is C23H34Cl2N10S2. The van der Waals surface area contributed by atoms with Gasteiger partial charge in [0.05, 0.1) is 12.7 Å². The lowest BCUT2D eigenvalue weighted by Crippen LogP contribution is -2.35. The van der Waals surface area contributed by atoms with Crippen molar-refractivity contribution in [3.8, 4) is 12.4 Å². The summed E-state index contributed by atoms with van der Waals surface area (Å²) in [4.78, 5) is 16.9. The molecule has 0 fully saturated rings. The van der Waals surface area contributed by atoms with Crippen molar-refractivity contribution < 1.29 is 0 Å². The molecule has 3 rings (SSSR count). The molecule has 0 bridgehead atoms. The molecule has 2 aromatic rings. The Morgan fingerprint density at radius 2 is 1.68 bits per heavy atom. The highest BCUT2D eigenvalue weighted by atomic mass is 35.5. The van der Waals surface area contributed by atoms with Crippen LogP contribution >= 0.6 is 44.8 Å². The maximum Gasteiger partial charge on any atom is 0.207 e. The van der Waals surface area contributed by atoms with Crippen molar-refractivity contribution >= 4 is 57.5 Å². The Balaban J connectivity index is 0. The molecule has 0 saturated heterocycles. The highest BCUT2D eigenvalue weighted by Gasteiger charge is 2.16. The van der Waals surface area contributed by atoms with Crippen molar-refractivity contribution in [2.45, 2.75) is 33.6 Å². The number of aliphatic imine (C=N–C) groups is 2. The number of nitrogens with zero attached hydrogens (tertiary/aromatic N) is 7. The van der Waals surface area contributed by atoms with E-state index in [4.69, 9.17) is 39.5 Å². The largest absolute Gasteiger partial charge is 0.336 e. The van der Waals surface area contributed by atoms with Crippen molar-refractivity contribution in [2.24, 2.45) is 15.7 Å². The minimum absolute atomic E-state index is 0. The van der Waals surface area contributed by atoms with Gasteiger partial charge >= 0.3 is 0 Å². The Bertz CT molecular complexity index is 973. The number of hydrogen-bond acceptors (Lipinski definition) is 12. The van der Waals surface area contributed by atoms with Crippen LogP contribution in [0.3, 0.4) is 0 Å². The lowest BCUT2D eigenvalue weighted by molar-refractivity contribution is 0.442. The lowest BCUT2D eigenvalue weighted by Gasteiger charge is -2.18. The molecule has 0 aromatic carbocycles. The number of pyridine rings is 2. The molecule has 0 aliphatic carbocycles. The van der Waals surface area contributed by atoms with E-state index in [9.17, 15) is 0 Å². The fourth-order valence-corrected chi connectivity index (χ4v) is 2.54. The average Bonchev–Trinajstić information content (AvgIpc) is 3.32. The smallest absolute Gasteiger partial charge is 0.207 e. The fraction of sp³-hybridized carbons (Fsp3) is 0.391. The highest BCUT2D eigenvalue weighted by molar-refractivity contribution is 8.76. The third-order valence-corrected chi connectivity index (χ3v) is 5.70. The number of halogens is 2. The van der Waals surface area contributed by atoms with Crippen molar-refractivity contribution in [3.05, 3.63) is 58.1 Å². The summed E-state index contributed by atoms with van der Waals surface area (Å²) in [6.45, 7) is 7.69. The van der Waals surface area contributed by atoms with Gasteiger partial charge in [-0.25, -0.2) is 9.97 Å². The van der Waals surface area contributed by atoms with E-state index in [0.29, 0.717) is 29.4 Å². The lowest BCUT2D eigenvalue weighted by atomic mass is 10.3. The zero-order valence-electron chi connectivity index (χ0n) is 20.4. The summed E-state index contributed by atoms with van der Waals surface area (Å²) in [5.74, 6) is 0.623. The molecule has 10 nitrogen and oxygen atoms in total. The quantitative estimate of drug-likeness (QED) is 0.110. The molecule has 4 N–H and O–H groups in total. The van der Waals surface area contributed by atoms with Gasteiger partial charge in [0.1, 0.15) is 10.3 Å². The number of rotatable bonds is 6. The van der Waals surface area contributed by atoms with Crippen LogP contribution in [0.25, 0.3) is 0 Å². The molecule has 1 unspecified atom stereocenters. The Morgan fingerprint density at radius 3 is 2.08 bits per heavy atom. The molecule has 2 aromatic heterocycles. The second kappa shape index (κ2) is 23.8. The third-order valence-electron chi connectivity index (χ3n) is 3.91. The first kappa shape index (κ1) is 36.6. The SMILES string of the molecule is C.C=NC#N.CC(N)NCc1ccc(Cl)nc1.CSSC.N#CNC1=NCCN1Cc1ccc(Cl)nc1. The molecule has 1 aliphatic rings. The molecule has 0 saturated carbocycles. The van der Waals surface area contributed by atoms with Gasteiger partial charge in [-0.2, -0.15) is 15.5 Å². The second-order valence-corrected chi connectivity index (χ2v) is 10.0. The van der Waals surface area contributed by atoms with Gasteiger partial charge in [0.15, 0.2) is 6.19 Å². The molecular weight excluding hydrogens is 551 g/mol. The molecule has 0 amide bonds. The van der Waals surface area contributed by atoms with E-state index in [-0.39, 0.29) is 13.6 Å². The number of aromatic nitrogens is 2. The molecule has 202 valence electrons. The van der Waals surface area contributed by atoms with Crippen LogP contribution in [0.5, 0.6) is 0 Å². The molecule has 1 atom stereocenters. The van der Waals surface area contributed by atoms with Gasteiger partial charge in [-0.1, -0.05) is 64.3 Å². The van der Waals surface area contributed by atoms with E-state index in [1.807, 2.05) is 30.1 Å². The summed E-state index contributed by atoms with van der Waals surface area (Å²) in [6.07, 6.45) is 10.9. The van der Waals surface area contributed by atoms with Crippen molar-refractivity contribution in [1.82, 2.24) is 25.5 Å². The summed E-state index contributed by atoms with van der Waals surface area (Å²) in [5.41, 5.74) is 7.63. The number of guanidine groups is 1. The summed E-state index contributed by atoms with van der Waals surface area (Å²) >= 11 is 11.3. The van der Waals surface area contributed by atoms with Gasteiger partial charge < -0.3 is 10.6 Å². The Hall–Kier alpha value is -2.58. The first-order valence-corrected chi connectivity index (χ1v) is 14.1. The topological polar surface area (TPSA) is 151 Å². The van der Waals surface area contributed by atoms with E-state index < -0.39 is 0 Å². The van der Waals surface area contributed by atoms with Crippen molar-refractivity contribution in [1.29, 1.82) is 10.5 Å². The normalized spacial score (nSPS) is 11.7. The van der Waals surface area contributed by atoms with Crippen LogP contribution in [0.4, 0.5) is 0 Å². The van der Waals surface area contributed by atoms with E-state index in [0.717, 1.165) is 24.2 Å². The Kier molecular flexibility index (Phi) is 23.5. The highest BCUT2D eigenvalue weighted by Crippen LogP contribution is 2.10. The van der Waals surface area contributed by atoms with Crippen LogP contribution in [0, 0.1) is 22.9 Å². The first-order chi connectivity index (χ1) is 17.3. The van der Waals surface area contributed by atoms with Gasteiger partial charge in [0, 0.05) is 38.7 Å². The van der Waals surface area contributed by atoms with Gasteiger partial charge in [0.2, 0.25) is 12.2 Å². The first-order valence-electron chi connectivity index (χ1n) is 10.4. The van der Waals surface area contributed by atoms with E-state index >= 15 is 0 Å². The van der Waals surface area contributed by atoms with Gasteiger partial charge in [-0.05, 0) is 42.7 Å². The molecule has 0 radical (unpaired) electrons. The summed E-state index contributed by atoms with van der Waals surface area (Å²) in [7, 11) is 3.55. The van der Waals surface area contributed by atoms with Crippen LogP contribution in [0.2, 0.25) is 10.3 Å². The van der Waals surface area contributed by atoms with Crippen LogP contribution in [0.1, 0.15) is 25.5 Å². The summed E-state index contributed by atoms with van der Waals surface area (Å²) < 4.78 is 0. The Labute approximate surface area is 238 Å². The van der Waals surface area contributed by atoms with E-state index in [1.165, 1.54) is 6.19 Å². The monoisotopic (exact) mass is 584 g/mol. The van der Waals surface area contributed by atoms with Gasteiger partial charge in [-0.15, -0.1) is 0 Å². The minimum atomic E-state index is 0. The number of nitrogens with one attached hydrogen (secondary N) is 2. The second-order valence-electron chi connectivity index (χ2n) is 6.60. The van der Waals surface area contributed by atoms with Crippen LogP contribution < -0.4 is 16.4 Å². The third kappa shape index (κ3) is 19.2. The number of nitriles is 2. The van der Waals surface area contributed by atoms with Crippen LogP contribution in [0.15, 0.2) is 46.6 Å². The molecule has 0 spiro atoms. The fourth-order valence-electron chi connectivity index (χ4n) is 2.32. The molecule has 3 heterocycles. The molecule has 1 aliphatic heterocycles. The number of nitrogens with two attached hydrogens (primary N) is 1. The molecule has 37 heavy (non-hydrogen) atoms. The summed E-state index contributed by atoms with van der Waals surface area (Å²) in [6, 6.07) is 7.35. The minimum Gasteiger partial charge on any atom is -0.336 e. The van der Waals surface area contributed by atoms with E-state index in [1.54, 1.807) is 46.1 Å². The van der Waals surface area contributed by atoms with E-state index in [2.05, 4.69) is 49.8 Å². The Morgan fingerprint density at radius 1 is 1.14 bits per heavy atom. The predicted octanol–water partition coefficient (Wildman–Crippen LogP) is 4.54. The zero-order chi connectivity index (χ0) is 27.2. The van der Waals surface area contributed by atoms with Crippen LogP contribution in [-0.4, -0.2) is 59.3 Å². The molecule has 14 heteroatoms. The summed E-state index contributed by atoms with van der Waals surface area (Å²) in [5, 5.41) is 22.6. The standard InChI is InChI=1S/C10H10ClN5.C8H12ClN3.C2H2N2.C2H6S2.CH4/c11-9-2-1-8(5-14-9)6-16-4-3-13-10(16)15-7-12;1-6(10)11-4-7-2-3-8(9)12-5-7;1-4-2-3;1-3-4-2;/h1-2,5H,3-4,6H2,(H,13,15);2-3,5-6,11H,4,10H2,1H3;1H2;1-2H3;1H4. The zero-order valence-corrected chi connectivity index (χ0v) is 23.5.